The van der Waals surface area contributed by atoms with Gasteiger partial charge < -0.3 is 25.2 Å². The lowest BCUT2D eigenvalue weighted by molar-refractivity contribution is -0.126. The molecule has 0 saturated heterocycles. The third kappa shape index (κ3) is 7.31. The molecule has 0 aromatic heterocycles. The molecule has 2 unspecified atom stereocenters. The topological polar surface area (TPSA) is 114 Å². The number of amides is 2. The number of alkyl carbamates (subject to hydrolysis) is 2. The van der Waals surface area contributed by atoms with Crippen molar-refractivity contribution < 1.29 is 29.0 Å². The Labute approximate surface area is 212 Å². The van der Waals surface area contributed by atoms with Crippen molar-refractivity contribution in [2.45, 2.75) is 70.6 Å². The number of aliphatic hydroxyl groups is 1. The van der Waals surface area contributed by atoms with Crippen LogP contribution in [-0.2, 0) is 14.3 Å². The minimum absolute atomic E-state index is 0.0849. The summed E-state index contributed by atoms with van der Waals surface area (Å²) in [4.78, 5) is 36.2. The zero-order valence-corrected chi connectivity index (χ0v) is 21.4. The van der Waals surface area contributed by atoms with Crippen molar-refractivity contribution >= 4 is 18.0 Å². The summed E-state index contributed by atoms with van der Waals surface area (Å²) in [5.41, 5.74) is 3.89. The summed E-state index contributed by atoms with van der Waals surface area (Å²) in [7, 11) is 0. The second-order valence-electron chi connectivity index (χ2n) is 10.1. The highest BCUT2D eigenvalue weighted by atomic mass is 16.6. The first-order valence-electron chi connectivity index (χ1n) is 12.3. The molecule has 0 saturated carbocycles. The van der Waals surface area contributed by atoms with E-state index in [4.69, 9.17) is 9.47 Å². The van der Waals surface area contributed by atoms with Crippen molar-refractivity contribution in [1.29, 1.82) is 0 Å². The summed E-state index contributed by atoms with van der Waals surface area (Å²) < 4.78 is 10.8. The molecule has 0 radical (unpaired) electrons. The third-order valence-corrected chi connectivity index (χ3v) is 6.05. The van der Waals surface area contributed by atoms with Crippen LogP contribution in [0.1, 0.15) is 64.0 Å². The lowest BCUT2D eigenvalue weighted by Crippen LogP contribution is -2.46. The number of aliphatic hydroxyl groups excluding tert-OH is 1. The quantitative estimate of drug-likeness (QED) is 0.416. The first-order chi connectivity index (χ1) is 17.1. The summed E-state index contributed by atoms with van der Waals surface area (Å²) >= 11 is 0. The largest absolute Gasteiger partial charge is 0.449 e. The number of carbonyl (C=O) groups is 3. The summed E-state index contributed by atoms with van der Waals surface area (Å²) in [6, 6.07) is 15.3. The molecule has 1 aliphatic carbocycles. The van der Waals surface area contributed by atoms with E-state index >= 15 is 0 Å². The maximum atomic E-state index is 12.6. The molecule has 8 heteroatoms. The number of unbranched alkanes of at least 4 members (excludes halogenated alkanes) is 1. The van der Waals surface area contributed by atoms with Crippen LogP contribution in [0.25, 0.3) is 11.1 Å². The van der Waals surface area contributed by atoms with E-state index in [0.29, 0.717) is 25.8 Å². The van der Waals surface area contributed by atoms with E-state index in [9.17, 15) is 19.5 Å². The average Bonchev–Trinajstić information content (AvgIpc) is 3.14. The molecule has 0 spiro atoms. The fraction of sp³-hybridized carbons (Fsp3) is 0.464. The Morgan fingerprint density at radius 3 is 2.08 bits per heavy atom. The van der Waals surface area contributed by atoms with Crippen LogP contribution < -0.4 is 10.6 Å². The van der Waals surface area contributed by atoms with Crippen LogP contribution in [0.4, 0.5) is 9.59 Å². The van der Waals surface area contributed by atoms with Gasteiger partial charge in [-0.1, -0.05) is 48.5 Å². The number of nitrogens with one attached hydrogen (secondary N) is 2. The maximum Gasteiger partial charge on any atom is 0.407 e. The maximum absolute atomic E-state index is 12.6. The highest BCUT2D eigenvalue weighted by molar-refractivity contribution is 5.82. The third-order valence-electron chi connectivity index (χ3n) is 6.05. The smallest absolute Gasteiger partial charge is 0.407 e. The van der Waals surface area contributed by atoms with Crippen molar-refractivity contribution in [3.05, 3.63) is 59.7 Å². The van der Waals surface area contributed by atoms with Crippen LogP contribution in [0.3, 0.4) is 0 Å². The SMILES string of the molecule is CC(=O)C(O)C(CCCCNC(=O)OC(C)(C)C)NC(=O)OCC1c2ccccc2-c2ccccc21. The predicted molar refractivity (Wildman–Crippen MR) is 137 cm³/mol. The fourth-order valence-electron chi connectivity index (χ4n) is 4.38. The van der Waals surface area contributed by atoms with Crippen LogP contribution in [0.2, 0.25) is 0 Å². The van der Waals surface area contributed by atoms with Gasteiger partial charge in [0.05, 0.1) is 6.04 Å². The van der Waals surface area contributed by atoms with Crippen LogP contribution >= 0.6 is 0 Å². The van der Waals surface area contributed by atoms with Gasteiger partial charge in [0.25, 0.3) is 0 Å². The van der Waals surface area contributed by atoms with Crippen LogP contribution in [0.15, 0.2) is 48.5 Å². The van der Waals surface area contributed by atoms with E-state index in [1.54, 1.807) is 20.8 Å². The number of hydrogen-bond acceptors (Lipinski definition) is 6. The number of rotatable bonds is 10. The van der Waals surface area contributed by atoms with Gasteiger partial charge in [-0.3, -0.25) is 4.79 Å². The van der Waals surface area contributed by atoms with Gasteiger partial charge in [-0.2, -0.15) is 0 Å². The highest BCUT2D eigenvalue weighted by Gasteiger charge is 2.30. The molecule has 0 fully saturated rings. The number of fused-ring (bicyclic) bond motifs is 3. The minimum atomic E-state index is -1.34. The Morgan fingerprint density at radius 1 is 0.944 bits per heavy atom. The first-order valence-corrected chi connectivity index (χ1v) is 12.3. The number of Topliss-reactive ketones (excluding diaryl/α,β-unsaturated/α-hetero) is 1. The number of ketones is 1. The lowest BCUT2D eigenvalue weighted by Gasteiger charge is -2.23. The molecule has 0 heterocycles. The Kier molecular flexibility index (Phi) is 9.09. The van der Waals surface area contributed by atoms with E-state index in [2.05, 4.69) is 22.8 Å². The molecule has 2 aromatic rings. The van der Waals surface area contributed by atoms with E-state index in [1.807, 2.05) is 36.4 Å². The molecular formula is C28H36N2O6. The van der Waals surface area contributed by atoms with E-state index in [0.717, 1.165) is 22.3 Å². The van der Waals surface area contributed by atoms with Crippen molar-refractivity contribution in [3.8, 4) is 11.1 Å². The van der Waals surface area contributed by atoms with Gasteiger partial charge >= 0.3 is 12.2 Å². The second kappa shape index (κ2) is 12.0. The average molecular weight is 497 g/mol. The first kappa shape index (κ1) is 27.2. The standard InChI is InChI=1S/C28H36N2O6/c1-18(31)25(32)24(15-9-10-16-29-26(33)36-28(2,3)4)30-27(34)35-17-23-21-13-7-5-11-19(21)20-12-6-8-14-22(20)23/h5-8,11-14,23-25,32H,9-10,15-17H2,1-4H3,(H,29,33)(H,30,34). The van der Waals surface area contributed by atoms with E-state index in [1.165, 1.54) is 6.92 Å². The molecule has 1 aliphatic rings. The monoisotopic (exact) mass is 496 g/mol. The van der Waals surface area contributed by atoms with Crippen molar-refractivity contribution in [2.24, 2.45) is 0 Å². The van der Waals surface area contributed by atoms with Crippen LogP contribution in [0.5, 0.6) is 0 Å². The van der Waals surface area contributed by atoms with Gasteiger partial charge in [0.1, 0.15) is 18.3 Å². The van der Waals surface area contributed by atoms with Crippen LogP contribution in [-0.4, -0.2) is 54.0 Å². The summed E-state index contributed by atoms with van der Waals surface area (Å²) in [6.45, 7) is 7.16. The number of benzene rings is 2. The lowest BCUT2D eigenvalue weighted by atomic mass is 9.98. The van der Waals surface area contributed by atoms with Crippen molar-refractivity contribution in [3.63, 3.8) is 0 Å². The molecular weight excluding hydrogens is 460 g/mol. The predicted octanol–water partition coefficient (Wildman–Crippen LogP) is 4.54. The molecule has 2 amide bonds. The van der Waals surface area contributed by atoms with Gasteiger partial charge in [0.2, 0.25) is 0 Å². The molecule has 3 N–H and O–H groups in total. The second-order valence-corrected chi connectivity index (χ2v) is 10.1. The van der Waals surface area contributed by atoms with E-state index < -0.39 is 35.7 Å². The Hall–Kier alpha value is -3.39. The fourth-order valence-corrected chi connectivity index (χ4v) is 4.38. The number of ether oxygens (including phenoxy) is 2. The molecule has 2 aromatic carbocycles. The van der Waals surface area contributed by atoms with Gasteiger partial charge in [-0.05, 0) is 69.2 Å². The zero-order valence-electron chi connectivity index (χ0n) is 21.4. The van der Waals surface area contributed by atoms with Crippen molar-refractivity contribution in [1.82, 2.24) is 10.6 Å². The molecule has 36 heavy (non-hydrogen) atoms. The van der Waals surface area contributed by atoms with Gasteiger partial charge in [-0.15, -0.1) is 0 Å². The Balaban J connectivity index is 1.52. The zero-order chi connectivity index (χ0) is 26.3. The molecule has 2 atom stereocenters. The summed E-state index contributed by atoms with van der Waals surface area (Å²) in [5, 5.41) is 15.7. The van der Waals surface area contributed by atoms with Crippen molar-refractivity contribution in [2.75, 3.05) is 13.2 Å². The molecule has 3 rings (SSSR count). The Bertz CT molecular complexity index is 1030. The Morgan fingerprint density at radius 2 is 1.53 bits per heavy atom. The minimum Gasteiger partial charge on any atom is -0.449 e. The van der Waals surface area contributed by atoms with Crippen LogP contribution in [0, 0.1) is 0 Å². The molecule has 0 bridgehead atoms. The molecule has 0 aliphatic heterocycles. The van der Waals surface area contributed by atoms with Gasteiger partial charge in [0, 0.05) is 12.5 Å². The molecule has 8 nitrogen and oxygen atoms in total. The number of carbonyl (C=O) groups excluding carboxylic acids is 3. The molecule has 194 valence electrons. The normalized spacial score (nSPS) is 14.2. The summed E-state index contributed by atoms with van der Waals surface area (Å²) in [5.74, 6) is -0.524. The van der Waals surface area contributed by atoms with Gasteiger partial charge in [0.15, 0.2) is 5.78 Å². The number of hydrogen-bond donors (Lipinski definition) is 3. The summed E-state index contributed by atoms with van der Waals surface area (Å²) in [6.07, 6.45) is -1.03. The van der Waals surface area contributed by atoms with Gasteiger partial charge in [-0.25, -0.2) is 9.59 Å². The van der Waals surface area contributed by atoms with E-state index in [-0.39, 0.29) is 12.5 Å². The highest BCUT2D eigenvalue weighted by Crippen LogP contribution is 2.44.